The molecule has 0 saturated carbocycles. The first-order valence-electron chi connectivity index (χ1n) is 4.78. The van der Waals surface area contributed by atoms with Crippen molar-refractivity contribution in [2.24, 2.45) is 5.73 Å². The van der Waals surface area contributed by atoms with Gasteiger partial charge in [0, 0.05) is 6.61 Å². The first-order valence-corrected chi connectivity index (χ1v) is 4.78. The van der Waals surface area contributed by atoms with Gasteiger partial charge in [0.25, 0.3) is 0 Å². The van der Waals surface area contributed by atoms with Gasteiger partial charge in [-0.3, -0.25) is 0 Å². The van der Waals surface area contributed by atoms with E-state index in [1.807, 2.05) is 19.1 Å². The fourth-order valence-electron chi connectivity index (χ4n) is 1.40. The molecule has 0 aliphatic heterocycles. The first-order chi connectivity index (χ1) is 7.22. The molecule has 2 aromatic rings. The molecule has 15 heavy (non-hydrogen) atoms. The van der Waals surface area contributed by atoms with Crippen molar-refractivity contribution >= 4 is 5.65 Å². The second-order valence-electron chi connectivity index (χ2n) is 3.42. The average Bonchev–Trinajstić information content (AvgIpc) is 2.60. The van der Waals surface area contributed by atoms with Crippen LogP contribution in [0.5, 0.6) is 0 Å². The Kier molecular flexibility index (Phi) is 2.61. The number of fused-ring (bicyclic) bond motifs is 1. The molecule has 6 heteroatoms. The van der Waals surface area contributed by atoms with Crippen molar-refractivity contribution in [3.05, 3.63) is 23.7 Å². The summed E-state index contributed by atoms with van der Waals surface area (Å²) in [6, 6.07) is 3.37. The Balaban J connectivity index is 2.47. The number of aliphatic hydroxyl groups excluding tert-OH is 1. The normalized spacial score (nSPS) is 13.3. The van der Waals surface area contributed by atoms with Crippen LogP contribution >= 0.6 is 0 Å². The van der Waals surface area contributed by atoms with Crippen LogP contribution in [0.25, 0.3) is 5.65 Å². The fraction of sp³-hybridized carbons (Fsp3) is 0.444. The summed E-state index contributed by atoms with van der Waals surface area (Å²) in [4.78, 5) is 0. The standard InChI is InChI=1S/C9H13N5O/c1-6-2-3-8-11-12-9(14(8)13-6)7(10)4-5-15/h2-3,7,15H,4-5,10H2,1H3. The topological polar surface area (TPSA) is 89.3 Å². The quantitative estimate of drug-likeness (QED) is 0.728. The number of hydrogen-bond acceptors (Lipinski definition) is 5. The molecule has 0 aromatic carbocycles. The van der Waals surface area contributed by atoms with Crippen molar-refractivity contribution in [3.63, 3.8) is 0 Å². The summed E-state index contributed by atoms with van der Waals surface area (Å²) in [6.45, 7) is 1.92. The summed E-state index contributed by atoms with van der Waals surface area (Å²) in [7, 11) is 0. The van der Waals surface area contributed by atoms with Crippen LogP contribution < -0.4 is 5.73 Å². The van der Waals surface area contributed by atoms with Gasteiger partial charge < -0.3 is 10.8 Å². The lowest BCUT2D eigenvalue weighted by molar-refractivity contribution is 0.274. The zero-order valence-electron chi connectivity index (χ0n) is 8.46. The van der Waals surface area contributed by atoms with Gasteiger partial charge in [-0.1, -0.05) is 0 Å². The molecule has 80 valence electrons. The smallest absolute Gasteiger partial charge is 0.177 e. The molecule has 0 spiro atoms. The molecule has 0 aliphatic carbocycles. The van der Waals surface area contributed by atoms with E-state index in [4.69, 9.17) is 10.8 Å². The minimum absolute atomic E-state index is 0.0297. The van der Waals surface area contributed by atoms with Gasteiger partial charge in [-0.05, 0) is 25.5 Å². The highest BCUT2D eigenvalue weighted by Gasteiger charge is 2.14. The molecule has 2 rings (SSSR count). The Hall–Kier alpha value is -1.53. The number of nitrogens with two attached hydrogens (primary N) is 1. The van der Waals surface area contributed by atoms with Crippen molar-refractivity contribution in [2.75, 3.05) is 6.61 Å². The second kappa shape index (κ2) is 3.92. The molecule has 2 aromatic heterocycles. The number of aromatic nitrogens is 4. The lowest BCUT2D eigenvalue weighted by Crippen LogP contribution is -2.16. The summed E-state index contributed by atoms with van der Waals surface area (Å²) >= 11 is 0. The fourth-order valence-corrected chi connectivity index (χ4v) is 1.40. The molecule has 0 saturated heterocycles. The third-order valence-electron chi connectivity index (χ3n) is 2.19. The molecule has 0 aliphatic rings. The van der Waals surface area contributed by atoms with Gasteiger partial charge in [-0.25, -0.2) is 0 Å². The van der Waals surface area contributed by atoms with Crippen molar-refractivity contribution in [3.8, 4) is 0 Å². The third kappa shape index (κ3) is 1.81. The van der Waals surface area contributed by atoms with Crippen LogP contribution in [0, 0.1) is 6.92 Å². The van der Waals surface area contributed by atoms with Gasteiger partial charge in [0.1, 0.15) is 0 Å². The summed E-state index contributed by atoms with van der Waals surface area (Å²) < 4.78 is 1.62. The summed E-state index contributed by atoms with van der Waals surface area (Å²) in [5, 5.41) is 21.0. The zero-order chi connectivity index (χ0) is 10.8. The van der Waals surface area contributed by atoms with Crippen LogP contribution in [0.1, 0.15) is 24.0 Å². The van der Waals surface area contributed by atoms with E-state index in [-0.39, 0.29) is 12.6 Å². The van der Waals surface area contributed by atoms with Crippen LogP contribution in [-0.4, -0.2) is 31.5 Å². The number of aryl methyl sites for hydroxylation is 1. The predicted octanol–water partition coefficient (Wildman–Crippen LogP) is -0.185. The second-order valence-corrected chi connectivity index (χ2v) is 3.42. The number of nitrogens with zero attached hydrogens (tertiary/aromatic N) is 4. The van der Waals surface area contributed by atoms with E-state index in [0.29, 0.717) is 17.9 Å². The van der Waals surface area contributed by atoms with Gasteiger partial charge in [-0.2, -0.15) is 9.61 Å². The number of rotatable bonds is 3. The molecule has 0 fully saturated rings. The Morgan fingerprint density at radius 1 is 1.47 bits per heavy atom. The van der Waals surface area contributed by atoms with E-state index >= 15 is 0 Å². The molecule has 0 amide bonds. The van der Waals surface area contributed by atoms with E-state index in [1.165, 1.54) is 0 Å². The van der Waals surface area contributed by atoms with E-state index in [9.17, 15) is 0 Å². The number of aliphatic hydroxyl groups is 1. The Labute approximate surface area is 86.7 Å². The Bertz CT molecular complexity index is 466. The molecule has 1 unspecified atom stereocenters. The monoisotopic (exact) mass is 207 g/mol. The molecule has 3 N–H and O–H groups in total. The highest BCUT2D eigenvalue weighted by Crippen LogP contribution is 2.11. The Morgan fingerprint density at radius 3 is 3.00 bits per heavy atom. The molecule has 2 heterocycles. The maximum absolute atomic E-state index is 8.80. The lowest BCUT2D eigenvalue weighted by atomic mass is 10.2. The largest absolute Gasteiger partial charge is 0.396 e. The Morgan fingerprint density at radius 2 is 2.27 bits per heavy atom. The van der Waals surface area contributed by atoms with Crippen LogP contribution in [0.4, 0.5) is 0 Å². The van der Waals surface area contributed by atoms with E-state index in [2.05, 4.69) is 15.3 Å². The third-order valence-corrected chi connectivity index (χ3v) is 2.19. The van der Waals surface area contributed by atoms with Gasteiger partial charge >= 0.3 is 0 Å². The van der Waals surface area contributed by atoms with Gasteiger partial charge in [0.2, 0.25) is 0 Å². The first kappa shape index (κ1) is 10.0. The lowest BCUT2D eigenvalue weighted by Gasteiger charge is -2.06. The number of hydrogen-bond donors (Lipinski definition) is 2. The maximum Gasteiger partial charge on any atom is 0.177 e. The molecular weight excluding hydrogens is 194 g/mol. The van der Waals surface area contributed by atoms with Crippen molar-refractivity contribution in [2.45, 2.75) is 19.4 Å². The van der Waals surface area contributed by atoms with Crippen molar-refractivity contribution < 1.29 is 5.11 Å². The van der Waals surface area contributed by atoms with Crippen molar-refractivity contribution in [1.29, 1.82) is 0 Å². The van der Waals surface area contributed by atoms with E-state index in [1.54, 1.807) is 4.52 Å². The molecule has 0 radical (unpaired) electrons. The van der Waals surface area contributed by atoms with Crippen LogP contribution in [-0.2, 0) is 0 Å². The van der Waals surface area contributed by atoms with E-state index in [0.717, 1.165) is 5.69 Å². The van der Waals surface area contributed by atoms with E-state index < -0.39 is 0 Å². The van der Waals surface area contributed by atoms with Gasteiger partial charge in [0.05, 0.1) is 11.7 Å². The zero-order valence-corrected chi connectivity index (χ0v) is 8.46. The van der Waals surface area contributed by atoms with Crippen LogP contribution in [0.3, 0.4) is 0 Å². The molecule has 1 atom stereocenters. The predicted molar refractivity (Wildman–Crippen MR) is 54.2 cm³/mol. The SMILES string of the molecule is Cc1ccc2nnc(C(N)CCO)n2n1. The summed E-state index contributed by atoms with van der Waals surface area (Å²) in [5.74, 6) is 0.586. The van der Waals surface area contributed by atoms with Gasteiger partial charge in [0.15, 0.2) is 11.5 Å². The highest BCUT2D eigenvalue weighted by atomic mass is 16.3. The maximum atomic E-state index is 8.80. The van der Waals surface area contributed by atoms with Crippen LogP contribution in [0.2, 0.25) is 0 Å². The molecule has 6 nitrogen and oxygen atoms in total. The summed E-state index contributed by atoms with van der Waals surface area (Å²) in [5.41, 5.74) is 7.39. The van der Waals surface area contributed by atoms with Gasteiger partial charge in [-0.15, -0.1) is 10.2 Å². The molecule has 0 bridgehead atoms. The average molecular weight is 207 g/mol. The van der Waals surface area contributed by atoms with Crippen molar-refractivity contribution in [1.82, 2.24) is 19.8 Å². The minimum Gasteiger partial charge on any atom is -0.396 e. The summed E-state index contributed by atoms with van der Waals surface area (Å²) in [6.07, 6.45) is 0.455. The minimum atomic E-state index is -0.334. The van der Waals surface area contributed by atoms with Crippen LogP contribution in [0.15, 0.2) is 12.1 Å². The highest BCUT2D eigenvalue weighted by molar-refractivity contribution is 5.36. The molecular formula is C9H13N5O.